The van der Waals surface area contributed by atoms with Gasteiger partial charge in [-0.15, -0.1) is 0 Å². The minimum absolute atomic E-state index is 0.241. The number of rotatable bonds is 7. The standard InChI is InChI=1S/C24H27N3O3/c1-16-13-21(26-24-20(30-3)11-10-19(29-2)23(16)24)25-14-17-7-4-5-8-18(17)15-27-12-6-9-22(27)28/h4-5,7-8,10-11,13H,6,9,12,14-15H2,1-3H3,(H,25,26). The number of pyridine rings is 1. The van der Waals surface area contributed by atoms with E-state index in [2.05, 4.69) is 17.4 Å². The van der Waals surface area contributed by atoms with Crippen LogP contribution < -0.4 is 14.8 Å². The maximum atomic E-state index is 12.0. The Bertz CT molecular complexity index is 1080. The van der Waals surface area contributed by atoms with Gasteiger partial charge in [-0.1, -0.05) is 24.3 Å². The van der Waals surface area contributed by atoms with Crippen molar-refractivity contribution < 1.29 is 14.3 Å². The Morgan fingerprint density at radius 1 is 1.07 bits per heavy atom. The van der Waals surface area contributed by atoms with Crippen molar-refractivity contribution in [3.63, 3.8) is 0 Å². The van der Waals surface area contributed by atoms with Crippen LogP contribution in [0.3, 0.4) is 0 Å². The molecule has 0 atom stereocenters. The molecule has 6 heteroatoms. The number of aromatic nitrogens is 1. The number of likely N-dealkylation sites (tertiary alicyclic amines) is 1. The lowest BCUT2D eigenvalue weighted by molar-refractivity contribution is -0.128. The summed E-state index contributed by atoms with van der Waals surface area (Å²) in [6.45, 7) is 4.17. The van der Waals surface area contributed by atoms with E-state index in [1.807, 2.05) is 42.2 Å². The number of methoxy groups -OCH3 is 2. The molecule has 1 aromatic heterocycles. The molecule has 1 fully saturated rings. The summed E-state index contributed by atoms with van der Waals surface area (Å²) in [6, 6.07) is 14.0. The highest BCUT2D eigenvalue weighted by Crippen LogP contribution is 2.35. The summed E-state index contributed by atoms with van der Waals surface area (Å²) in [5.41, 5.74) is 4.16. The lowest BCUT2D eigenvalue weighted by Gasteiger charge is -2.19. The summed E-state index contributed by atoms with van der Waals surface area (Å²) in [7, 11) is 3.31. The number of carbonyl (C=O) groups excluding carboxylic acids is 1. The van der Waals surface area contributed by atoms with Gasteiger partial charge in [0.2, 0.25) is 5.91 Å². The van der Waals surface area contributed by atoms with Gasteiger partial charge in [-0.25, -0.2) is 4.98 Å². The van der Waals surface area contributed by atoms with E-state index < -0.39 is 0 Å². The van der Waals surface area contributed by atoms with Gasteiger partial charge in [0.25, 0.3) is 0 Å². The molecular weight excluding hydrogens is 378 g/mol. The molecule has 0 bridgehead atoms. The molecule has 2 aromatic carbocycles. The average molecular weight is 405 g/mol. The lowest BCUT2D eigenvalue weighted by Crippen LogP contribution is -2.24. The third-order valence-corrected chi connectivity index (χ3v) is 5.63. The minimum Gasteiger partial charge on any atom is -0.496 e. The first kappa shape index (κ1) is 20.0. The third-order valence-electron chi connectivity index (χ3n) is 5.63. The first-order valence-electron chi connectivity index (χ1n) is 10.2. The fourth-order valence-electron chi connectivity index (χ4n) is 4.05. The fraction of sp³-hybridized carbons (Fsp3) is 0.333. The van der Waals surface area contributed by atoms with Gasteiger partial charge in [0.1, 0.15) is 22.8 Å². The molecule has 1 N–H and O–H groups in total. The minimum atomic E-state index is 0.241. The predicted octanol–water partition coefficient (Wildman–Crippen LogP) is 4.29. The van der Waals surface area contributed by atoms with E-state index in [0.29, 0.717) is 25.3 Å². The molecule has 0 aliphatic carbocycles. The molecule has 0 unspecified atom stereocenters. The lowest BCUT2D eigenvalue weighted by atomic mass is 10.1. The van der Waals surface area contributed by atoms with Crippen molar-refractivity contribution in [2.45, 2.75) is 32.9 Å². The summed E-state index contributed by atoms with van der Waals surface area (Å²) in [5, 5.41) is 4.40. The average Bonchev–Trinajstić information content (AvgIpc) is 3.16. The molecule has 4 rings (SSSR count). The Hall–Kier alpha value is -3.28. The molecule has 3 aromatic rings. The fourth-order valence-corrected chi connectivity index (χ4v) is 4.05. The van der Waals surface area contributed by atoms with Crippen molar-refractivity contribution in [2.24, 2.45) is 0 Å². The molecule has 1 aliphatic rings. The Kier molecular flexibility index (Phi) is 5.74. The second kappa shape index (κ2) is 8.61. The zero-order valence-corrected chi connectivity index (χ0v) is 17.7. The molecule has 1 saturated heterocycles. The number of fused-ring (bicyclic) bond motifs is 1. The van der Waals surface area contributed by atoms with E-state index in [9.17, 15) is 4.79 Å². The van der Waals surface area contributed by atoms with Crippen LogP contribution in [0.5, 0.6) is 11.5 Å². The largest absolute Gasteiger partial charge is 0.496 e. The maximum Gasteiger partial charge on any atom is 0.222 e. The molecular formula is C24H27N3O3. The van der Waals surface area contributed by atoms with Crippen LogP contribution in [0, 0.1) is 6.92 Å². The Morgan fingerprint density at radius 3 is 2.50 bits per heavy atom. The van der Waals surface area contributed by atoms with Crippen molar-refractivity contribution in [3.05, 3.63) is 59.2 Å². The van der Waals surface area contributed by atoms with Crippen molar-refractivity contribution in [1.29, 1.82) is 0 Å². The van der Waals surface area contributed by atoms with E-state index in [-0.39, 0.29) is 5.91 Å². The summed E-state index contributed by atoms with van der Waals surface area (Å²) in [5.74, 6) is 2.51. The van der Waals surface area contributed by atoms with Crippen LogP contribution in [-0.2, 0) is 17.9 Å². The van der Waals surface area contributed by atoms with E-state index in [4.69, 9.17) is 14.5 Å². The quantitative estimate of drug-likeness (QED) is 0.635. The Labute approximate surface area is 176 Å². The molecule has 0 radical (unpaired) electrons. The smallest absolute Gasteiger partial charge is 0.222 e. The molecule has 2 heterocycles. The summed E-state index contributed by atoms with van der Waals surface area (Å²) in [4.78, 5) is 18.8. The topological polar surface area (TPSA) is 63.7 Å². The number of nitrogens with one attached hydrogen (secondary N) is 1. The van der Waals surface area contributed by atoms with E-state index in [1.54, 1.807) is 14.2 Å². The van der Waals surface area contributed by atoms with Gasteiger partial charge in [0.05, 0.1) is 14.2 Å². The van der Waals surface area contributed by atoms with Crippen molar-refractivity contribution >= 4 is 22.6 Å². The van der Waals surface area contributed by atoms with Crippen LogP contribution in [0.1, 0.15) is 29.5 Å². The van der Waals surface area contributed by atoms with Gasteiger partial charge in [0.15, 0.2) is 0 Å². The third kappa shape index (κ3) is 3.90. The van der Waals surface area contributed by atoms with Gasteiger partial charge in [0, 0.05) is 31.4 Å². The highest BCUT2D eigenvalue weighted by molar-refractivity contribution is 5.94. The number of nitrogens with zero attached hydrogens (tertiary/aromatic N) is 2. The van der Waals surface area contributed by atoms with Crippen LogP contribution in [0.25, 0.3) is 10.9 Å². The molecule has 1 amide bonds. The van der Waals surface area contributed by atoms with Crippen LogP contribution in [0.2, 0.25) is 0 Å². The molecule has 6 nitrogen and oxygen atoms in total. The van der Waals surface area contributed by atoms with Crippen molar-refractivity contribution in [3.8, 4) is 11.5 Å². The number of ether oxygens (including phenoxy) is 2. The van der Waals surface area contributed by atoms with Crippen molar-refractivity contribution in [2.75, 3.05) is 26.1 Å². The Morgan fingerprint density at radius 2 is 1.80 bits per heavy atom. The van der Waals surface area contributed by atoms with Gasteiger partial charge >= 0.3 is 0 Å². The number of hydrogen-bond acceptors (Lipinski definition) is 5. The molecule has 156 valence electrons. The van der Waals surface area contributed by atoms with Crippen molar-refractivity contribution in [1.82, 2.24) is 9.88 Å². The summed E-state index contributed by atoms with van der Waals surface area (Å²) >= 11 is 0. The van der Waals surface area contributed by atoms with Gasteiger partial charge in [-0.2, -0.15) is 0 Å². The number of benzene rings is 2. The number of hydrogen-bond donors (Lipinski definition) is 1. The second-order valence-corrected chi connectivity index (χ2v) is 7.56. The number of aryl methyl sites for hydroxylation is 1. The molecule has 1 aliphatic heterocycles. The predicted molar refractivity (Wildman–Crippen MR) is 118 cm³/mol. The zero-order chi connectivity index (χ0) is 21.1. The van der Waals surface area contributed by atoms with E-state index >= 15 is 0 Å². The normalized spacial score (nSPS) is 13.7. The summed E-state index contributed by atoms with van der Waals surface area (Å²) < 4.78 is 11.0. The molecule has 0 spiro atoms. The molecule has 30 heavy (non-hydrogen) atoms. The SMILES string of the molecule is COc1ccc(OC)c2c(C)cc(NCc3ccccc3CN3CCCC3=O)nc12. The van der Waals surface area contributed by atoms with Gasteiger partial charge < -0.3 is 19.7 Å². The van der Waals surface area contributed by atoms with Crippen LogP contribution in [0.15, 0.2) is 42.5 Å². The van der Waals surface area contributed by atoms with Crippen LogP contribution >= 0.6 is 0 Å². The van der Waals surface area contributed by atoms with E-state index in [0.717, 1.165) is 52.1 Å². The summed E-state index contributed by atoms with van der Waals surface area (Å²) in [6.07, 6.45) is 1.61. The number of anilines is 1. The van der Waals surface area contributed by atoms with Crippen LogP contribution in [-0.4, -0.2) is 36.6 Å². The highest BCUT2D eigenvalue weighted by atomic mass is 16.5. The highest BCUT2D eigenvalue weighted by Gasteiger charge is 2.21. The van der Waals surface area contributed by atoms with E-state index in [1.165, 1.54) is 0 Å². The first-order valence-corrected chi connectivity index (χ1v) is 10.2. The first-order chi connectivity index (χ1) is 14.6. The maximum absolute atomic E-state index is 12.0. The zero-order valence-electron chi connectivity index (χ0n) is 17.7. The second-order valence-electron chi connectivity index (χ2n) is 7.56. The van der Waals surface area contributed by atoms with Gasteiger partial charge in [-0.3, -0.25) is 4.79 Å². The number of carbonyl (C=O) groups is 1. The Balaban J connectivity index is 1.59. The molecule has 0 saturated carbocycles. The number of amides is 1. The van der Waals surface area contributed by atoms with Crippen LogP contribution in [0.4, 0.5) is 5.82 Å². The van der Waals surface area contributed by atoms with Gasteiger partial charge in [-0.05, 0) is 48.2 Å². The monoisotopic (exact) mass is 405 g/mol.